The van der Waals surface area contributed by atoms with Crippen LogP contribution < -0.4 is 4.90 Å². The highest BCUT2D eigenvalue weighted by molar-refractivity contribution is 9.10. The van der Waals surface area contributed by atoms with Gasteiger partial charge in [0.1, 0.15) is 0 Å². The Bertz CT molecular complexity index is 396. The lowest BCUT2D eigenvalue weighted by Gasteiger charge is -2.30. The molecule has 1 heterocycles. The Kier molecular flexibility index (Phi) is 3.92. The summed E-state index contributed by atoms with van der Waals surface area (Å²) in [5.74, 6) is 1.15. The number of hydrogen-bond acceptors (Lipinski definition) is 2. The molecule has 86 valence electrons. The van der Waals surface area contributed by atoms with Crippen LogP contribution in [-0.2, 0) is 4.79 Å². The van der Waals surface area contributed by atoms with Gasteiger partial charge in [-0.1, -0.05) is 35.0 Å². The van der Waals surface area contributed by atoms with Gasteiger partial charge in [0, 0.05) is 17.2 Å². The fourth-order valence-electron chi connectivity index (χ4n) is 1.74. The number of hydrogen-bond donors (Lipinski definition) is 0. The van der Waals surface area contributed by atoms with Gasteiger partial charge in [0.15, 0.2) is 0 Å². The molecule has 0 aliphatic carbocycles. The number of halogens is 1. The molecule has 1 amide bonds. The maximum Gasteiger partial charge on any atom is 0.240 e. The van der Waals surface area contributed by atoms with Crippen molar-refractivity contribution in [2.24, 2.45) is 0 Å². The first-order chi connectivity index (χ1) is 7.74. The van der Waals surface area contributed by atoms with Crippen molar-refractivity contribution in [2.45, 2.75) is 23.1 Å². The van der Waals surface area contributed by atoms with Gasteiger partial charge in [0.05, 0.1) is 10.5 Å². The number of carbonyl (C=O) groups excluding carboxylic acids is 1. The minimum Gasteiger partial charge on any atom is -0.309 e. The first-order valence-corrected chi connectivity index (χ1v) is 7.31. The Balaban J connectivity index is 2.28. The number of anilines is 1. The molecule has 0 radical (unpaired) electrons. The van der Waals surface area contributed by atoms with Crippen molar-refractivity contribution in [2.75, 3.05) is 17.2 Å². The SMILES string of the molecule is CCC(Br)C(=O)N1CCSc2ccccc21. The molecule has 1 unspecified atom stereocenters. The van der Waals surface area contributed by atoms with E-state index in [1.165, 1.54) is 4.90 Å². The summed E-state index contributed by atoms with van der Waals surface area (Å²) < 4.78 is 0. The van der Waals surface area contributed by atoms with Crippen LogP contribution in [0, 0.1) is 0 Å². The number of para-hydroxylation sites is 1. The molecule has 0 aromatic heterocycles. The average molecular weight is 300 g/mol. The van der Waals surface area contributed by atoms with Crippen molar-refractivity contribution < 1.29 is 4.79 Å². The number of fused-ring (bicyclic) bond motifs is 1. The lowest BCUT2D eigenvalue weighted by molar-refractivity contribution is -0.118. The van der Waals surface area contributed by atoms with Crippen molar-refractivity contribution in [1.82, 2.24) is 0 Å². The number of amides is 1. The highest BCUT2D eigenvalue weighted by atomic mass is 79.9. The summed E-state index contributed by atoms with van der Waals surface area (Å²) in [5.41, 5.74) is 1.06. The zero-order valence-electron chi connectivity index (χ0n) is 9.15. The monoisotopic (exact) mass is 299 g/mol. The molecule has 0 saturated heterocycles. The van der Waals surface area contributed by atoms with Crippen LogP contribution >= 0.6 is 27.7 Å². The number of alkyl halides is 1. The number of carbonyl (C=O) groups is 1. The molecule has 0 fully saturated rings. The van der Waals surface area contributed by atoms with Crippen molar-refractivity contribution in [3.8, 4) is 0 Å². The lowest BCUT2D eigenvalue weighted by Crippen LogP contribution is -2.39. The minimum absolute atomic E-state index is 0.0661. The van der Waals surface area contributed by atoms with E-state index >= 15 is 0 Å². The highest BCUT2D eigenvalue weighted by Crippen LogP contribution is 2.35. The predicted molar refractivity (Wildman–Crippen MR) is 72.5 cm³/mol. The van der Waals surface area contributed by atoms with Gasteiger partial charge in [-0.05, 0) is 18.6 Å². The molecule has 1 aromatic carbocycles. The van der Waals surface area contributed by atoms with E-state index in [1.807, 2.05) is 41.8 Å². The van der Waals surface area contributed by atoms with Crippen molar-refractivity contribution >= 4 is 39.3 Å². The zero-order chi connectivity index (χ0) is 11.5. The molecule has 0 spiro atoms. The Morgan fingerprint density at radius 2 is 2.31 bits per heavy atom. The third kappa shape index (κ3) is 2.28. The average Bonchev–Trinajstić information content (AvgIpc) is 2.36. The second-order valence-corrected chi connectivity index (χ2v) is 5.92. The molecule has 0 bridgehead atoms. The first kappa shape index (κ1) is 12.0. The fourth-order valence-corrected chi connectivity index (χ4v) is 2.98. The largest absolute Gasteiger partial charge is 0.309 e. The van der Waals surface area contributed by atoms with Crippen molar-refractivity contribution in [1.29, 1.82) is 0 Å². The van der Waals surface area contributed by atoms with E-state index in [9.17, 15) is 4.79 Å². The molecule has 1 aliphatic heterocycles. The third-order valence-electron chi connectivity index (χ3n) is 2.62. The first-order valence-electron chi connectivity index (χ1n) is 5.41. The smallest absolute Gasteiger partial charge is 0.240 e. The second-order valence-electron chi connectivity index (χ2n) is 3.68. The van der Waals surface area contributed by atoms with Crippen LogP contribution in [0.2, 0.25) is 0 Å². The Morgan fingerprint density at radius 1 is 1.56 bits per heavy atom. The Labute approximate surface area is 109 Å². The maximum absolute atomic E-state index is 12.2. The van der Waals surface area contributed by atoms with Crippen molar-refractivity contribution in [3.05, 3.63) is 24.3 Å². The molecule has 1 aromatic rings. The van der Waals surface area contributed by atoms with E-state index < -0.39 is 0 Å². The number of thioether (sulfide) groups is 1. The summed E-state index contributed by atoms with van der Waals surface area (Å²) in [5, 5.41) is 0. The van der Waals surface area contributed by atoms with Crippen LogP contribution in [0.15, 0.2) is 29.2 Å². The molecule has 2 nitrogen and oxygen atoms in total. The Hall–Kier alpha value is -0.480. The fraction of sp³-hybridized carbons (Fsp3) is 0.417. The van der Waals surface area contributed by atoms with Crippen LogP contribution in [0.25, 0.3) is 0 Å². The standard InChI is InChI=1S/C12H14BrNOS/c1-2-9(13)12(15)14-7-8-16-11-6-4-3-5-10(11)14/h3-6,9H,2,7-8H2,1H3. The molecule has 0 saturated carbocycles. The normalized spacial score (nSPS) is 16.8. The molecular weight excluding hydrogens is 286 g/mol. The highest BCUT2D eigenvalue weighted by Gasteiger charge is 2.26. The quantitative estimate of drug-likeness (QED) is 0.781. The van der Waals surface area contributed by atoms with Crippen LogP contribution in [0.4, 0.5) is 5.69 Å². The zero-order valence-corrected chi connectivity index (χ0v) is 11.6. The molecule has 0 N–H and O–H groups in total. The minimum atomic E-state index is -0.0661. The summed E-state index contributed by atoms with van der Waals surface area (Å²) in [4.78, 5) is 15.2. The van der Waals surface area contributed by atoms with E-state index in [1.54, 1.807) is 0 Å². The maximum atomic E-state index is 12.2. The van der Waals surface area contributed by atoms with Gasteiger partial charge in [-0.2, -0.15) is 0 Å². The molecule has 1 atom stereocenters. The van der Waals surface area contributed by atoms with E-state index in [4.69, 9.17) is 0 Å². The van der Waals surface area contributed by atoms with Crippen molar-refractivity contribution in [3.63, 3.8) is 0 Å². The predicted octanol–water partition coefficient (Wildman–Crippen LogP) is 3.30. The van der Waals surface area contributed by atoms with E-state index in [0.29, 0.717) is 0 Å². The second kappa shape index (κ2) is 5.23. The van der Waals surface area contributed by atoms with Gasteiger partial charge in [-0.3, -0.25) is 4.79 Å². The van der Waals surface area contributed by atoms with Gasteiger partial charge >= 0.3 is 0 Å². The number of benzene rings is 1. The van der Waals surface area contributed by atoms with Gasteiger partial charge < -0.3 is 4.90 Å². The summed E-state index contributed by atoms with van der Waals surface area (Å²) in [7, 11) is 0. The van der Waals surface area contributed by atoms with E-state index in [-0.39, 0.29) is 10.7 Å². The van der Waals surface area contributed by atoms with E-state index in [0.717, 1.165) is 24.4 Å². The summed E-state index contributed by atoms with van der Waals surface area (Å²) in [6, 6.07) is 8.11. The molecule has 16 heavy (non-hydrogen) atoms. The summed E-state index contributed by atoms with van der Waals surface area (Å²) in [6.07, 6.45) is 0.824. The summed E-state index contributed by atoms with van der Waals surface area (Å²) in [6.45, 7) is 2.82. The van der Waals surface area contributed by atoms with Crippen LogP contribution in [0.5, 0.6) is 0 Å². The number of nitrogens with zero attached hydrogens (tertiary/aromatic N) is 1. The van der Waals surface area contributed by atoms with Gasteiger partial charge in [-0.15, -0.1) is 11.8 Å². The van der Waals surface area contributed by atoms with E-state index in [2.05, 4.69) is 22.0 Å². The van der Waals surface area contributed by atoms with Gasteiger partial charge in [0.2, 0.25) is 5.91 Å². The van der Waals surface area contributed by atoms with Gasteiger partial charge in [-0.25, -0.2) is 0 Å². The third-order valence-corrected chi connectivity index (χ3v) is 4.70. The molecular formula is C12H14BrNOS. The molecule has 1 aliphatic rings. The molecule has 4 heteroatoms. The molecule has 2 rings (SSSR count). The van der Waals surface area contributed by atoms with Crippen LogP contribution in [0.1, 0.15) is 13.3 Å². The van der Waals surface area contributed by atoms with Gasteiger partial charge in [0.25, 0.3) is 0 Å². The van der Waals surface area contributed by atoms with Crippen LogP contribution in [-0.4, -0.2) is 23.0 Å². The Morgan fingerprint density at radius 3 is 3.06 bits per heavy atom. The summed E-state index contributed by atoms with van der Waals surface area (Å²) >= 11 is 5.25. The topological polar surface area (TPSA) is 20.3 Å². The van der Waals surface area contributed by atoms with Crippen LogP contribution in [0.3, 0.4) is 0 Å². The number of rotatable bonds is 2. The lowest BCUT2D eigenvalue weighted by atomic mass is 10.2.